The summed E-state index contributed by atoms with van der Waals surface area (Å²) in [4.78, 5) is 0. The van der Waals surface area contributed by atoms with Crippen LogP contribution in [0.25, 0.3) is 0 Å². The van der Waals surface area contributed by atoms with Crippen LogP contribution in [0.5, 0.6) is 5.88 Å². The Bertz CT molecular complexity index is 280. The minimum absolute atomic E-state index is 0.355. The predicted molar refractivity (Wildman–Crippen MR) is 46.6 cm³/mol. The van der Waals surface area contributed by atoms with E-state index in [1.165, 1.54) is 0 Å². The molecule has 0 spiro atoms. The molecule has 0 atom stereocenters. The fourth-order valence-electron chi connectivity index (χ4n) is 1.32. The first kappa shape index (κ1) is 7.46. The molecule has 0 bridgehead atoms. The second-order valence-corrected chi connectivity index (χ2v) is 3.18. The van der Waals surface area contributed by atoms with Crippen molar-refractivity contribution in [2.24, 2.45) is 0 Å². The summed E-state index contributed by atoms with van der Waals surface area (Å²) in [5, 5.41) is 7.46. The van der Waals surface area contributed by atoms with Crippen molar-refractivity contribution in [3.05, 3.63) is 6.20 Å². The third kappa shape index (κ3) is 1.03. The molecule has 0 aliphatic carbocycles. The van der Waals surface area contributed by atoms with Crippen LogP contribution in [-0.4, -0.2) is 22.9 Å². The number of nitrogens with one attached hydrogen (secondary N) is 1. The highest BCUT2D eigenvalue weighted by Crippen LogP contribution is 2.28. The molecule has 1 aliphatic rings. The molecule has 0 aromatic carbocycles. The van der Waals surface area contributed by atoms with E-state index in [0.717, 1.165) is 24.7 Å². The molecule has 1 aromatic rings. The Morgan fingerprint density at radius 1 is 1.67 bits per heavy atom. The number of ether oxygens (including phenoxy) is 1. The van der Waals surface area contributed by atoms with E-state index in [-0.39, 0.29) is 0 Å². The van der Waals surface area contributed by atoms with Crippen LogP contribution in [0, 0.1) is 0 Å². The van der Waals surface area contributed by atoms with Crippen molar-refractivity contribution in [1.29, 1.82) is 0 Å². The highest BCUT2D eigenvalue weighted by molar-refractivity contribution is 5.52. The van der Waals surface area contributed by atoms with E-state index in [2.05, 4.69) is 24.3 Å². The number of nitrogens with zero attached hydrogens (tertiary/aromatic N) is 2. The van der Waals surface area contributed by atoms with Gasteiger partial charge in [0.05, 0.1) is 12.2 Å². The highest BCUT2D eigenvalue weighted by Gasteiger charge is 2.16. The molecule has 0 fully saturated rings. The number of fused-ring (bicyclic) bond motifs is 1. The summed E-state index contributed by atoms with van der Waals surface area (Å²) in [5.74, 6) is 0.872. The molecule has 0 amide bonds. The first-order valence-corrected chi connectivity index (χ1v) is 4.23. The van der Waals surface area contributed by atoms with E-state index in [4.69, 9.17) is 4.74 Å². The van der Waals surface area contributed by atoms with Crippen LogP contribution in [0.1, 0.15) is 19.9 Å². The molecule has 66 valence electrons. The van der Waals surface area contributed by atoms with Crippen LogP contribution in [-0.2, 0) is 0 Å². The molecule has 1 aliphatic heterocycles. The number of rotatable bonds is 1. The molecular formula is C8H13N3O. The van der Waals surface area contributed by atoms with Crippen molar-refractivity contribution >= 4 is 5.69 Å². The SMILES string of the molecule is CC(C)n1ncc2c1OCCN2. The van der Waals surface area contributed by atoms with Gasteiger partial charge in [-0.05, 0) is 13.8 Å². The lowest BCUT2D eigenvalue weighted by Gasteiger charge is -2.18. The normalized spacial score (nSPS) is 15.2. The van der Waals surface area contributed by atoms with E-state index < -0.39 is 0 Å². The van der Waals surface area contributed by atoms with Gasteiger partial charge in [0.2, 0.25) is 5.88 Å². The minimum Gasteiger partial charge on any atom is -0.474 e. The van der Waals surface area contributed by atoms with E-state index in [1.807, 2.05) is 10.9 Å². The predicted octanol–water partition coefficient (Wildman–Crippen LogP) is 1.27. The average Bonchev–Trinajstić information content (AvgIpc) is 2.47. The van der Waals surface area contributed by atoms with Crippen LogP contribution in [0.2, 0.25) is 0 Å². The maximum atomic E-state index is 5.49. The zero-order valence-electron chi connectivity index (χ0n) is 7.37. The molecule has 4 nitrogen and oxygen atoms in total. The van der Waals surface area contributed by atoms with Crippen LogP contribution >= 0.6 is 0 Å². The molecule has 0 saturated heterocycles. The molecule has 0 radical (unpaired) electrons. The number of anilines is 1. The summed E-state index contributed by atoms with van der Waals surface area (Å²) in [6, 6.07) is 0.355. The van der Waals surface area contributed by atoms with Gasteiger partial charge in [0, 0.05) is 6.54 Å². The Morgan fingerprint density at radius 2 is 2.50 bits per heavy atom. The first-order valence-electron chi connectivity index (χ1n) is 4.23. The number of hydrogen-bond acceptors (Lipinski definition) is 3. The number of hydrogen-bond donors (Lipinski definition) is 1. The number of aromatic nitrogens is 2. The van der Waals surface area contributed by atoms with Gasteiger partial charge < -0.3 is 10.1 Å². The molecule has 1 N–H and O–H groups in total. The lowest BCUT2D eigenvalue weighted by molar-refractivity contribution is 0.280. The van der Waals surface area contributed by atoms with Gasteiger partial charge in [-0.15, -0.1) is 0 Å². The Hall–Kier alpha value is -1.19. The van der Waals surface area contributed by atoms with Crippen LogP contribution in [0.3, 0.4) is 0 Å². The summed E-state index contributed by atoms with van der Waals surface area (Å²) in [6.07, 6.45) is 1.81. The largest absolute Gasteiger partial charge is 0.474 e. The van der Waals surface area contributed by atoms with Gasteiger partial charge in [-0.3, -0.25) is 0 Å². The molecule has 1 aromatic heterocycles. The fraction of sp³-hybridized carbons (Fsp3) is 0.625. The van der Waals surface area contributed by atoms with Crippen molar-refractivity contribution in [3.8, 4) is 5.88 Å². The van der Waals surface area contributed by atoms with Crippen molar-refractivity contribution in [2.75, 3.05) is 18.5 Å². The third-order valence-electron chi connectivity index (χ3n) is 1.90. The van der Waals surface area contributed by atoms with Gasteiger partial charge in [0.1, 0.15) is 12.3 Å². The van der Waals surface area contributed by atoms with Gasteiger partial charge in [-0.25, -0.2) is 4.68 Å². The molecule has 0 saturated carbocycles. The quantitative estimate of drug-likeness (QED) is 0.684. The van der Waals surface area contributed by atoms with E-state index in [0.29, 0.717) is 6.04 Å². The second-order valence-electron chi connectivity index (χ2n) is 3.18. The Labute approximate surface area is 71.5 Å². The molecular weight excluding hydrogens is 154 g/mol. The second kappa shape index (κ2) is 2.69. The molecule has 2 rings (SSSR count). The zero-order valence-corrected chi connectivity index (χ0v) is 7.37. The Kier molecular flexibility index (Phi) is 1.67. The van der Waals surface area contributed by atoms with Gasteiger partial charge in [-0.2, -0.15) is 5.10 Å². The summed E-state index contributed by atoms with van der Waals surface area (Å²) in [7, 11) is 0. The first-order chi connectivity index (χ1) is 5.79. The van der Waals surface area contributed by atoms with Crippen molar-refractivity contribution in [1.82, 2.24) is 9.78 Å². The van der Waals surface area contributed by atoms with E-state index in [9.17, 15) is 0 Å². The standard InChI is InChI=1S/C8H13N3O/c1-6(2)11-8-7(5-10-11)9-3-4-12-8/h5-6,9H,3-4H2,1-2H3. The van der Waals surface area contributed by atoms with Gasteiger partial charge in [0.25, 0.3) is 0 Å². The monoisotopic (exact) mass is 167 g/mol. The third-order valence-corrected chi connectivity index (χ3v) is 1.90. The summed E-state index contributed by atoms with van der Waals surface area (Å²) in [6.45, 7) is 5.78. The van der Waals surface area contributed by atoms with Crippen molar-refractivity contribution in [3.63, 3.8) is 0 Å². The fourth-order valence-corrected chi connectivity index (χ4v) is 1.32. The molecule has 4 heteroatoms. The van der Waals surface area contributed by atoms with Gasteiger partial charge in [-0.1, -0.05) is 0 Å². The molecule has 0 unspecified atom stereocenters. The zero-order chi connectivity index (χ0) is 8.55. The van der Waals surface area contributed by atoms with Gasteiger partial charge >= 0.3 is 0 Å². The average molecular weight is 167 g/mol. The van der Waals surface area contributed by atoms with Crippen molar-refractivity contribution in [2.45, 2.75) is 19.9 Å². The van der Waals surface area contributed by atoms with E-state index >= 15 is 0 Å². The van der Waals surface area contributed by atoms with Crippen LogP contribution < -0.4 is 10.1 Å². The maximum absolute atomic E-state index is 5.49. The summed E-state index contributed by atoms with van der Waals surface area (Å²) >= 11 is 0. The molecule has 2 heterocycles. The highest BCUT2D eigenvalue weighted by atomic mass is 16.5. The van der Waals surface area contributed by atoms with Crippen molar-refractivity contribution < 1.29 is 4.74 Å². The lowest BCUT2D eigenvalue weighted by atomic mass is 10.4. The molecule has 12 heavy (non-hydrogen) atoms. The van der Waals surface area contributed by atoms with E-state index in [1.54, 1.807) is 0 Å². The summed E-state index contributed by atoms with van der Waals surface area (Å²) < 4.78 is 7.38. The lowest BCUT2D eigenvalue weighted by Crippen LogP contribution is -2.19. The maximum Gasteiger partial charge on any atom is 0.236 e. The Morgan fingerprint density at radius 3 is 3.25 bits per heavy atom. The topological polar surface area (TPSA) is 39.1 Å². The van der Waals surface area contributed by atoms with Gasteiger partial charge in [0.15, 0.2) is 0 Å². The smallest absolute Gasteiger partial charge is 0.236 e. The Balaban J connectivity index is 2.38. The van der Waals surface area contributed by atoms with Crippen LogP contribution in [0.15, 0.2) is 6.20 Å². The minimum atomic E-state index is 0.355. The van der Waals surface area contributed by atoms with Crippen LogP contribution in [0.4, 0.5) is 5.69 Å². The summed E-state index contributed by atoms with van der Waals surface area (Å²) in [5.41, 5.74) is 1.01.